The van der Waals surface area contributed by atoms with Gasteiger partial charge in [-0.3, -0.25) is 14.9 Å². The number of aromatic nitrogens is 1. The van der Waals surface area contributed by atoms with Gasteiger partial charge in [0.15, 0.2) is 6.61 Å². The number of nitro groups is 1. The number of esters is 1. The Morgan fingerprint density at radius 2 is 1.77 bits per heavy atom. The summed E-state index contributed by atoms with van der Waals surface area (Å²) in [6.45, 7) is 5.57. The molecule has 0 bridgehead atoms. The molecule has 0 aliphatic heterocycles. The molecule has 0 saturated heterocycles. The number of hydrogen-bond acceptors (Lipinski definition) is 5. The van der Waals surface area contributed by atoms with Gasteiger partial charge in [-0.2, -0.15) is 0 Å². The van der Waals surface area contributed by atoms with Crippen LogP contribution >= 0.6 is 0 Å². The molecule has 3 aromatic rings. The highest BCUT2D eigenvalue weighted by Crippen LogP contribution is 2.21. The first-order valence-corrected chi connectivity index (χ1v) is 9.69. The molecule has 0 aliphatic carbocycles. The fourth-order valence-corrected chi connectivity index (χ4v) is 3.31. The largest absolute Gasteiger partial charge is 0.452 e. The fraction of sp³-hybridized carbons (Fsp3) is 0.217. The van der Waals surface area contributed by atoms with Crippen molar-refractivity contribution < 1.29 is 19.2 Å². The highest BCUT2D eigenvalue weighted by molar-refractivity contribution is 5.96. The maximum Gasteiger partial charge on any atom is 0.340 e. The number of nitrogens with zero attached hydrogens (tertiary/aromatic N) is 2. The standard InChI is InChI=1S/C23H23N3O5/c1-15-11-19(26(29)30)9-10-21(15)24-22(27)14-31-23(28)20-12-16(2)25(17(20)3)13-18-7-5-4-6-8-18/h4-12H,13-14H2,1-3H3,(H,24,27). The van der Waals surface area contributed by atoms with Gasteiger partial charge in [-0.15, -0.1) is 0 Å². The van der Waals surface area contributed by atoms with E-state index >= 15 is 0 Å². The van der Waals surface area contributed by atoms with Crippen LogP contribution in [0.2, 0.25) is 0 Å². The highest BCUT2D eigenvalue weighted by atomic mass is 16.6. The summed E-state index contributed by atoms with van der Waals surface area (Å²) in [5.74, 6) is -1.11. The first-order chi connectivity index (χ1) is 14.8. The van der Waals surface area contributed by atoms with Gasteiger partial charge >= 0.3 is 5.97 Å². The molecular formula is C23H23N3O5. The van der Waals surface area contributed by atoms with Gasteiger partial charge in [0.25, 0.3) is 11.6 Å². The summed E-state index contributed by atoms with van der Waals surface area (Å²) in [6.07, 6.45) is 0. The molecule has 0 unspecified atom stereocenters. The molecule has 8 nitrogen and oxygen atoms in total. The fourth-order valence-electron chi connectivity index (χ4n) is 3.31. The third kappa shape index (κ3) is 5.16. The Morgan fingerprint density at radius 1 is 1.06 bits per heavy atom. The minimum atomic E-state index is -0.581. The van der Waals surface area contributed by atoms with E-state index in [-0.39, 0.29) is 5.69 Å². The Balaban J connectivity index is 1.62. The minimum absolute atomic E-state index is 0.0622. The number of nitrogens with one attached hydrogen (secondary N) is 1. The average molecular weight is 421 g/mol. The summed E-state index contributed by atoms with van der Waals surface area (Å²) >= 11 is 0. The number of nitro benzene ring substituents is 1. The van der Waals surface area contributed by atoms with E-state index < -0.39 is 23.4 Å². The Morgan fingerprint density at radius 3 is 2.42 bits per heavy atom. The molecule has 1 amide bonds. The normalized spacial score (nSPS) is 10.5. The lowest BCUT2D eigenvalue weighted by molar-refractivity contribution is -0.384. The molecule has 31 heavy (non-hydrogen) atoms. The molecule has 0 radical (unpaired) electrons. The van der Waals surface area contributed by atoms with Crippen LogP contribution in [-0.2, 0) is 16.1 Å². The van der Waals surface area contributed by atoms with Gasteiger partial charge in [-0.05, 0) is 44.0 Å². The first-order valence-electron chi connectivity index (χ1n) is 9.69. The number of amides is 1. The second-order valence-electron chi connectivity index (χ2n) is 7.24. The van der Waals surface area contributed by atoms with Crippen LogP contribution in [0.5, 0.6) is 0 Å². The minimum Gasteiger partial charge on any atom is -0.452 e. The summed E-state index contributed by atoms with van der Waals surface area (Å²) in [4.78, 5) is 35.0. The van der Waals surface area contributed by atoms with E-state index in [1.165, 1.54) is 18.2 Å². The number of rotatable bonds is 7. The Kier molecular flexibility index (Phi) is 6.49. The van der Waals surface area contributed by atoms with Crippen LogP contribution in [0.3, 0.4) is 0 Å². The van der Waals surface area contributed by atoms with E-state index in [0.717, 1.165) is 17.0 Å². The van der Waals surface area contributed by atoms with Crippen LogP contribution in [0.25, 0.3) is 0 Å². The SMILES string of the molecule is Cc1cc([N+](=O)[O-])ccc1NC(=O)COC(=O)c1cc(C)n(Cc2ccccc2)c1C. The molecule has 1 heterocycles. The summed E-state index contributed by atoms with van der Waals surface area (Å²) in [5.41, 5.74) is 4.10. The Labute approximate surface area is 179 Å². The first kappa shape index (κ1) is 21.8. The van der Waals surface area contributed by atoms with Crippen LogP contribution in [0.1, 0.15) is 32.9 Å². The van der Waals surface area contributed by atoms with Crippen LogP contribution < -0.4 is 5.32 Å². The molecule has 0 atom stereocenters. The second-order valence-corrected chi connectivity index (χ2v) is 7.24. The van der Waals surface area contributed by atoms with Gasteiger partial charge in [0, 0.05) is 35.8 Å². The molecule has 0 saturated carbocycles. The maximum atomic E-state index is 12.5. The smallest absolute Gasteiger partial charge is 0.340 e. The Hall–Kier alpha value is -3.94. The lowest BCUT2D eigenvalue weighted by atomic mass is 10.2. The quantitative estimate of drug-likeness (QED) is 0.350. The van der Waals surface area contributed by atoms with E-state index in [9.17, 15) is 19.7 Å². The molecule has 0 aliphatic rings. The van der Waals surface area contributed by atoms with Crippen molar-refractivity contribution in [3.63, 3.8) is 0 Å². The third-order valence-corrected chi connectivity index (χ3v) is 5.01. The summed E-state index contributed by atoms with van der Waals surface area (Å²) in [6, 6.07) is 15.8. The van der Waals surface area contributed by atoms with Crippen molar-refractivity contribution in [1.29, 1.82) is 0 Å². The molecule has 0 spiro atoms. The van der Waals surface area contributed by atoms with Crippen molar-refractivity contribution >= 4 is 23.3 Å². The zero-order chi connectivity index (χ0) is 22.5. The van der Waals surface area contributed by atoms with Crippen molar-refractivity contribution in [2.75, 3.05) is 11.9 Å². The van der Waals surface area contributed by atoms with Crippen LogP contribution in [0.4, 0.5) is 11.4 Å². The molecule has 1 aromatic heterocycles. The number of benzene rings is 2. The average Bonchev–Trinajstić information content (AvgIpc) is 3.02. The predicted molar refractivity (Wildman–Crippen MR) is 116 cm³/mol. The van der Waals surface area contributed by atoms with Gasteiger partial charge in [0.1, 0.15) is 0 Å². The summed E-state index contributed by atoms with van der Waals surface area (Å²) < 4.78 is 7.21. The molecule has 2 aromatic carbocycles. The number of hydrogen-bond donors (Lipinski definition) is 1. The van der Waals surface area contributed by atoms with E-state index in [4.69, 9.17) is 4.74 Å². The van der Waals surface area contributed by atoms with Gasteiger partial charge < -0.3 is 14.6 Å². The van der Waals surface area contributed by atoms with Gasteiger partial charge in [0.2, 0.25) is 0 Å². The molecule has 3 rings (SSSR count). The molecule has 160 valence electrons. The van der Waals surface area contributed by atoms with Gasteiger partial charge in [-0.25, -0.2) is 4.79 Å². The van der Waals surface area contributed by atoms with Crippen molar-refractivity contribution in [2.45, 2.75) is 27.3 Å². The number of aryl methyl sites for hydroxylation is 2. The lowest BCUT2D eigenvalue weighted by Crippen LogP contribution is -2.21. The Bertz CT molecular complexity index is 1140. The number of ether oxygens (including phenoxy) is 1. The van der Waals surface area contributed by atoms with E-state index in [1.807, 2.05) is 48.7 Å². The van der Waals surface area contributed by atoms with Crippen molar-refractivity contribution in [3.8, 4) is 0 Å². The molecular weight excluding hydrogens is 398 g/mol. The molecule has 0 fully saturated rings. The maximum absolute atomic E-state index is 12.5. The monoisotopic (exact) mass is 421 g/mol. The van der Waals surface area contributed by atoms with Crippen molar-refractivity contribution in [3.05, 3.63) is 92.8 Å². The summed E-state index contributed by atoms with van der Waals surface area (Å²) in [7, 11) is 0. The highest BCUT2D eigenvalue weighted by Gasteiger charge is 2.19. The summed E-state index contributed by atoms with van der Waals surface area (Å²) in [5, 5.41) is 13.4. The number of non-ortho nitro benzene ring substituents is 1. The van der Waals surface area contributed by atoms with E-state index in [1.54, 1.807) is 13.0 Å². The third-order valence-electron chi connectivity index (χ3n) is 5.01. The zero-order valence-corrected chi connectivity index (χ0v) is 17.5. The van der Waals surface area contributed by atoms with Gasteiger partial charge in [-0.1, -0.05) is 30.3 Å². The molecule has 1 N–H and O–H groups in total. The van der Waals surface area contributed by atoms with Crippen molar-refractivity contribution in [2.24, 2.45) is 0 Å². The van der Waals surface area contributed by atoms with Crippen LogP contribution in [0.15, 0.2) is 54.6 Å². The number of carbonyl (C=O) groups is 2. The number of carbonyl (C=O) groups excluding carboxylic acids is 2. The van der Waals surface area contributed by atoms with E-state index in [2.05, 4.69) is 5.32 Å². The van der Waals surface area contributed by atoms with Crippen molar-refractivity contribution in [1.82, 2.24) is 4.57 Å². The number of anilines is 1. The van der Waals surface area contributed by atoms with Gasteiger partial charge in [0.05, 0.1) is 10.5 Å². The predicted octanol–water partition coefficient (Wildman–Crippen LogP) is 4.17. The molecule has 8 heteroatoms. The topological polar surface area (TPSA) is 103 Å². The van der Waals surface area contributed by atoms with E-state index in [0.29, 0.717) is 23.4 Å². The second kappa shape index (κ2) is 9.25. The zero-order valence-electron chi connectivity index (χ0n) is 17.5. The lowest BCUT2D eigenvalue weighted by Gasteiger charge is -2.10. The van der Waals surface area contributed by atoms with Crippen LogP contribution in [0, 0.1) is 30.9 Å². The van der Waals surface area contributed by atoms with Crippen LogP contribution in [-0.4, -0.2) is 28.0 Å².